The molecule has 0 aliphatic carbocycles. The summed E-state index contributed by atoms with van der Waals surface area (Å²) in [6.07, 6.45) is 0. The molecule has 15 heavy (non-hydrogen) atoms. The molecule has 3 nitrogen and oxygen atoms in total. The van der Waals surface area contributed by atoms with Crippen molar-refractivity contribution in [1.29, 1.82) is 0 Å². The summed E-state index contributed by atoms with van der Waals surface area (Å²) in [5.41, 5.74) is 0.108. The van der Waals surface area contributed by atoms with Gasteiger partial charge in [0, 0.05) is 0 Å². The van der Waals surface area contributed by atoms with Gasteiger partial charge in [0.25, 0.3) is 0 Å². The average Bonchev–Trinajstić information content (AvgIpc) is 2.22. The highest BCUT2D eigenvalue weighted by Crippen LogP contribution is 2.25. The first-order chi connectivity index (χ1) is 7.06. The molecular weight excluding hydrogens is 221 g/mol. The van der Waals surface area contributed by atoms with Gasteiger partial charge in [-0.15, -0.1) is 0 Å². The molecule has 0 aromatic heterocycles. The molecule has 82 valence electrons. The van der Waals surface area contributed by atoms with Crippen LogP contribution in [0.5, 0.6) is 0 Å². The third-order valence-corrected chi connectivity index (χ3v) is 2.19. The predicted octanol–water partition coefficient (Wildman–Crippen LogP) is 2.45. The average molecular weight is 232 g/mol. The second kappa shape index (κ2) is 4.98. The van der Waals surface area contributed by atoms with Crippen LogP contribution in [0.1, 0.15) is 6.92 Å². The molecular formula is C10H11ClFNO2. The van der Waals surface area contributed by atoms with Gasteiger partial charge in [-0.05, 0) is 19.1 Å². The van der Waals surface area contributed by atoms with Crippen LogP contribution in [0.2, 0.25) is 5.02 Å². The number of nitrogens with one attached hydrogen (secondary N) is 1. The number of rotatable bonds is 3. The van der Waals surface area contributed by atoms with E-state index in [0.29, 0.717) is 0 Å². The Morgan fingerprint density at radius 1 is 1.60 bits per heavy atom. The third kappa shape index (κ3) is 2.83. The Kier molecular flexibility index (Phi) is 3.91. The lowest BCUT2D eigenvalue weighted by atomic mass is 10.2. The zero-order valence-corrected chi connectivity index (χ0v) is 9.14. The molecule has 0 saturated carbocycles. The molecule has 0 aliphatic rings. The standard InChI is InChI=1S/C10H11ClFNO2/c1-6(10(14)15-2)13-9-7(11)4-3-5-8(9)12/h3-6,13H,1-2H3. The van der Waals surface area contributed by atoms with Gasteiger partial charge in [-0.3, -0.25) is 0 Å². The molecule has 0 aliphatic heterocycles. The van der Waals surface area contributed by atoms with Gasteiger partial charge in [0.2, 0.25) is 0 Å². The molecule has 1 aromatic rings. The van der Waals surface area contributed by atoms with Crippen LogP contribution < -0.4 is 5.32 Å². The van der Waals surface area contributed by atoms with Gasteiger partial charge >= 0.3 is 5.97 Å². The highest BCUT2D eigenvalue weighted by molar-refractivity contribution is 6.33. The number of hydrogen-bond donors (Lipinski definition) is 1. The molecule has 0 saturated heterocycles. The Balaban J connectivity index is 2.85. The minimum absolute atomic E-state index is 0.108. The van der Waals surface area contributed by atoms with Crippen LogP contribution in [-0.2, 0) is 9.53 Å². The zero-order valence-electron chi connectivity index (χ0n) is 8.38. The van der Waals surface area contributed by atoms with Crippen molar-refractivity contribution >= 4 is 23.3 Å². The van der Waals surface area contributed by atoms with Crippen molar-refractivity contribution in [3.63, 3.8) is 0 Å². The van der Waals surface area contributed by atoms with Crippen molar-refractivity contribution in [1.82, 2.24) is 0 Å². The van der Waals surface area contributed by atoms with E-state index in [-0.39, 0.29) is 10.7 Å². The molecule has 0 heterocycles. The largest absolute Gasteiger partial charge is 0.467 e. The van der Waals surface area contributed by atoms with Crippen molar-refractivity contribution in [2.24, 2.45) is 0 Å². The van der Waals surface area contributed by atoms with E-state index < -0.39 is 17.8 Å². The Bertz CT molecular complexity index is 350. The molecule has 0 bridgehead atoms. The molecule has 1 aromatic carbocycles. The first-order valence-electron chi connectivity index (χ1n) is 4.34. The predicted molar refractivity (Wildman–Crippen MR) is 56.5 cm³/mol. The summed E-state index contributed by atoms with van der Waals surface area (Å²) in [6, 6.07) is 3.64. The first kappa shape index (κ1) is 11.8. The van der Waals surface area contributed by atoms with E-state index in [1.807, 2.05) is 0 Å². The lowest BCUT2D eigenvalue weighted by Crippen LogP contribution is -2.27. The van der Waals surface area contributed by atoms with Crippen molar-refractivity contribution < 1.29 is 13.9 Å². The Morgan fingerprint density at radius 3 is 2.80 bits per heavy atom. The van der Waals surface area contributed by atoms with Crippen molar-refractivity contribution in [3.05, 3.63) is 29.0 Å². The van der Waals surface area contributed by atoms with E-state index >= 15 is 0 Å². The number of hydrogen-bond acceptors (Lipinski definition) is 3. The van der Waals surface area contributed by atoms with Crippen LogP contribution in [0.4, 0.5) is 10.1 Å². The van der Waals surface area contributed by atoms with Gasteiger partial charge in [0.15, 0.2) is 0 Å². The topological polar surface area (TPSA) is 38.3 Å². The lowest BCUT2D eigenvalue weighted by Gasteiger charge is -2.14. The van der Waals surface area contributed by atoms with Gasteiger partial charge < -0.3 is 10.1 Å². The van der Waals surface area contributed by atoms with E-state index in [0.717, 1.165) is 0 Å². The van der Waals surface area contributed by atoms with E-state index in [9.17, 15) is 9.18 Å². The lowest BCUT2D eigenvalue weighted by molar-refractivity contribution is -0.141. The summed E-state index contributed by atoms with van der Waals surface area (Å²) in [5, 5.41) is 2.88. The fourth-order valence-electron chi connectivity index (χ4n) is 1.09. The maximum atomic E-state index is 13.3. The number of anilines is 1. The van der Waals surface area contributed by atoms with E-state index in [2.05, 4.69) is 10.1 Å². The molecule has 1 rings (SSSR count). The summed E-state index contributed by atoms with van der Waals surface area (Å²) in [6.45, 7) is 1.56. The molecule has 1 atom stereocenters. The minimum Gasteiger partial charge on any atom is -0.467 e. The molecule has 5 heteroatoms. The van der Waals surface area contributed by atoms with Gasteiger partial charge in [-0.25, -0.2) is 9.18 Å². The maximum absolute atomic E-state index is 13.3. The Labute approximate surface area is 92.2 Å². The number of carbonyl (C=O) groups excluding carboxylic acids is 1. The number of ether oxygens (including phenoxy) is 1. The van der Waals surface area contributed by atoms with Gasteiger partial charge in [0.05, 0.1) is 17.8 Å². The van der Waals surface area contributed by atoms with E-state index in [1.54, 1.807) is 6.92 Å². The van der Waals surface area contributed by atoms with Crippen LogP contribution >= 0.6 is 11.6 Å². The number of methoxy groups -OCH3 is 1. The smallest absolute Gasteiger partial charge is 0.327 e. The monoisotopic (exact) mass is 231 g/mol. The van der Waals surface area contributed by atoms with E-state index in [1.165, 1.54) is 25.3 Å². The van der Waals surface area contributed by atoms with Crippen molar-refractivity contribution in [2.45, 2.75) is 13.0 Å². The van der Waals surface area contributed by atoms with Gasteiger partial charge in [-0.1, -0.05) is 17.7 Å². The second-order valence-electron chi connectivity index (χ2n) is 2.99. The zero-order chi connectivity index (χ0) is 11.4. The summed E-state index contributed by atoms with van der Waals surface area (Å²) in [4.78, 5) is 11.1. The van der Waals surface area contributed by atoms with E-state index in [4.69, 9.17) is 11.6 Å². The molecule has 0 spiro atoms. The minimum atomic E-state index is -0.649. The third-order valence-electron chi connectivity index (χ3n) is 1.88. The number of benzene rings is 1. The van der Waals surface area contributed by atoms with Crippen LogP contribution in [-0.4, -0.2) is 19.1 Å². The van der Waals surface area contributed by atoms with Crippen LogP contribution in [0, 0.1) is 5.82 Å². The number of carbonyl (C=O) groups is 1. The summed E-state index contributed by atoms with van der Waals surface area (Å²) in [7, 11) is 1.27. The highest BCUT2D eigenvalue weighted by atomic mass is 35.5. The molecule has 1 unspecified atom stereocenters. The van der Waals surface area contributed by atoms with Crippen molar-refractivity contribution in [3.8, 4) is 0 Å². The Hall–Kier alpha value is -1.29. The second-order valence-corrected chi connectivity index (χ2v) is 3.39. The van der Waals surface area contributed by atoms with Gasteiger partial charge in [0.1, 0.15) is 11.9 Å². The molecule has 0 fully saturated rings. The molecule has 0 amide bonds. The summed E-state index contributed by atoms with van der Waals surface area (Å²) >= 11 is 5.77. The SMILES string of the molecule is COC(=O)C(C)Nc1c(F)cccc1Cl. The quantitative estimate of drug-likeness (QED) is 0.813. The van der Waals surface area contributed by atoms with Crippen LogP contribution in [0.15, 0.2) is 18.2 Å². The molecule has 0 radical (unpaired) electrons. The molecule has 1 N–H and O–H groups in total. The maximum Gasteiger partial charge on any atom is 0.327 e. The number of halogens is 2. The highest BCUT2D eigenvalue weighted by Gasteiger charge is 2.16. The summed E-state index contributed by atoms with van der Waals surface area (Å²) < 4.78 is 17.8. The van der Waals surface area contributed by atoms with Crippen molar-refractivity contribution in [2.75, 3.05) is 12.4 Å². The number of para-hydroxylation sites is 1. The number of esters is 1. The van der Waals surface area contributed by atoms with Gasteiger partial charge in [-0.2, -0.15) is 0 Å². The first-order valence-corrected chi connectivity index (χ1v) is 4.72. The fourth-order valence-corrected chi connectivity index (χ4v) is 1.31. The Morgan fingerprint density at radius 2 is 2.27 bits per heavy atom. The summed E-state index contributed by atoms with van der Waals surface area (Å²) in [5.74, 6) is -0.979. The van der Waals surface area contributed by atoms with Crippen LogP contribution in [0.25, 0.3) is 0 Å². The fraction of sp³-hybridized carbons (Fsp3) is 0.300. The normalized spacial score (nSPS) is 12.0. The van der Waals surface area contributed by atoms with Crippen LogP contribution in [0.3, 0.4) is 0 Å².